The van der Waals surface area contributed by atoms with Crippen molar-refractivity contribution >= 4 is 11.9 Å². The summed E-state index contributed by atoms with van der Waals surface area (Å²) < 4.78 is 0. The van der Waals surface area contributed by atoms with E-state index in [9.17, 15) is 9.59 Å². The van der Waals surface area contributed by atoms with Crippen LogP contribution in [0.1, 0.15) is 32.6 Å². The average Bonchev–Trinajstić information content (AvgIpc) is 1.96. The largest absolute Gasteiger partial charge is 0.481 e. The van der Waals surface area contributed by atoms with E-state index < -0.39 is 11.9 Å². The number of amides is 1. The summed E-state index contributed by atoms with van der Waals surface area (Å²) in [7, 11) is 0. The zero-order chi connectivity index (χ0) is 9.56. The quantitative estimate of drug-likeness (QED) is 0.622. The number of hydrogen-bond acceptors (Lipinski definition) is 2. The highest BCUT2D eigenvalue weighted by molar-refractivity contribution is 5.77. The van der Waals surface area contributed by atoms with Gasteiger partial charge in [0.15, 0.2) is 0 Å². The molecule has 1 amide bonds. The van der Waals surface area contributed by atoms with Crippen molar-refractivity contribution in [3.8, 4) is 0 Å². The van der Waals surface area contributed by atoms with E-state index in [1.807, 2.05) is 6.92 Å². The van der Waals surface area contributed by atoms with Gasteiger partial charge in [0.25, 0.3) is 0 Å². The Labute approximate surface area is 71.8 Å². The summed E-state index contributed by atoms with van der Waals surface area (Å²) in [4.78, 5) is 20.9. The van der Waals surface area contributed by atoms with Crippen molar-refractivity contribution in [1.82, 2.24) is 0 Å². The summed E-state index contributed by atoms with van der Waals surface area (Å²) in [6.07, 6.45) is 1.92. The van der Waals surface area contributed by atoms with Gasteiger partial charge in [-0.2, -0.15) is 0 Å². The number of aliphatic carboxylic acids is 1. The van der Waals surface area contributed by atoms with Crippen molar-refractivity contribution in [3.05, 3.63) is 0 Å². The molecule has 0 rings (SSSR count). The molecule has 0 fully saturated rings. The number of carboxylic acids is 1. The molecular weight excluding hydrogens is 158 g/mol. The Bertz CT molecular complexity index is 168. The Hall–Kier alpha value is -1.06. The van der Waals surface area contributed by atoms with Gasteiger partial charge >= 0.3 is 5.97 Å². The third-order valence-electron chi connectivity index (χ3n) is 1.75. The Morgan fingerprint density at radius 1 is 1.42 bits per heavy atom. The lowest BCUT2D eigenvalue weighted by Gasteiger charge is -2.09. The first-order valence-corrected chi connectivity index (χ1v) is 4.09. The molecule has 0 bridgehead atoms. The molecule has 0 unspecified atom stereocenters. The summed E-state index contributed by atoms with van der Waals surface area (Å²) in [5.41, 5.74) is 5.08. The monoisotopic (exact) mass is 173 g/mol. The number of carboxylic acid groups (broad SMARTS) is 1. The van der Waals surface area contributed by atoms with Crippen molar-refractivity contribution in [2.75, 3.05) is 0 Å². The molecule has 1 atom stereocenters. The number of primary amides is 1. The fraction of sp³-hybridized carbons (Fsp3) is 0.750. The van der Waals surface area contributed by atoms with Crippen molar-refractivity contribution in [3.63, 3.8) is 0 Å². The number of rotatable bonds is 6. The van der Waals surface area contributed by atoms with Crippen LogP contribution >= 0.6 is 0 Å². The van der Waals surface area contributed by atoms with Crippen LogP contribution in [0.3, 0.4) is 0 Å². The van der Waals surface area contributed by atoms with Crippen LogP contribution in [0.25, 0.3) is 0 Å². The van der Waals surface area contributed by atoms with Gasteiger partial charge in [-0.15, -0.1) is 0 Å². The standard InChI is InChI=1S/C8H15NO3/c1-2-3-6(8(9)12)4-5-7(10)11/h6H,2-5H2,1H3,(H2,9,12)(H,10,11)/t6-/m0/s1. The highest BCUT2D eigenvalue weighted by atomic mass is 16.4. The minimum Gasteiger partial charge on any atom is -0.481 e. The van der Waals surface area contributed by atoms with Crippen LogP contribution in [0.15, 0.2) is 0 Å². The van der Waals surface area contributed by atoms with Crippen LogP contribution in [0.4, 0.5) is 0 Å². The number of nitrogens with two attached hydrogens (primary N) is 1. The van der Waals surface area contributed by atoms with Crippen LogP contribution in [-0.2, 0) is 9.59 Å². The van der Waals surface area contributed by atoms with Gasteiger partial charge in [-0.1, -0.05) is 13.3 Å². The maximum atomic E-state index is 10.7. The number of carbonyl (C=O) groups excluding carboxylic acids is 1. The first-order valence-electron chi connectivity index (χ1n) is 4.09. The predicted octanol–water partition coefficient (Wildman–Crippen LogP) is 0.753. The van der Waals surface area contributed by atoms with E-state index >= 15 is 0 Å². The second kappa shape index (κ2) is 5.57. The van der Waals surface area contributed by atoms with Crippen molar-refractivity contribution in [2.24, 2.45) is 11.7 Å². The van der Waals surface area contributed by atoms with Crippen LogP contribution in [0.2, 0.25) is 0 Å². The lowest BCUT2D eigenvalue weighted by Crippen LogP contribution is -2.23. The molecule has 0 saturated carbocycles. The Morgan fingerprint density at radius 3 is 2.33 bits per heavy atom. The third kappa shape index (κ3) is 4.71. The van der Waals surface area contributed by atoms with Crippen LogP contribution in [-0.4, -0.2) is 17.0 Å². The first kappa shape index (κ1) is 10.9. The van der Waals surface area contributed by atoms with E-state index in [0.29, 0.717) is 12.8 Å². The Balaban J connectivity index is 3.79. The molecule has 0 aromatic heterocycles. The second-order valence-electron chi connectivity index (χ2n) is 2.82. The molecule has 0 spiro atoms. The fourth-order valence-electron chi connectivity index (χ4n) is 1.08. The Kier molecular flexibility index (Phi) is 5.08. The van der Waals surface area contributed by atoms with Gasteiger partial charge in [0, 0.05) is 12.3 Å². The Morgan fingerprint density at radius 2 is 2.00 bits per heavy atom. The van der Waals surface area contributed by atoms with E-state index in [1.54, 1.807) is 0 Å². The molecule has 0 aliphatic rings. The average molecular weight is 173 g/mol. The molecule has 3 N–H and O–H groups in total. The lowest BCUT2D eigenvalue weighted by atomic mass is 9.97. The smallest absolute Gasteiger partial charge is 0.303 e. The highest BCUT2D eigenvalue weighted by Crippen LogP contribution is 2.12. The molecule has 0 aliphatic carbocycles. The normalized spacial score (nSPS) is 12.4. The van der Waals surface area contributed by atoms with Gasteiger partial charge in [0.2, 0.25) is 5.91 Å². The minimum absolute atomic E-state index is 0.0214. The maximum absolute atomic E-state index is 10.7. The lowest BCUT2D eigenvalue weighted by molar-refractivity contribution is -0.137. The molecule has 0 aromatic carbocycles. The van der Waals surface area contributed by atoms with E-state index in [-0.39, 0.29) is 12.3 Å². The molecule has 4 heteroatoms. The van der Waals surface area contributed by atoms with Crippen LogP contribution in [0, 0.1) is 5.92 Å². The topological polar surface area (TPSA) is 80.4 Å². The van der Waals surface area contributed by atoms with Crippen LogP contribution < -0.4 is 5.73 Å². The van der Waals surface area contributed by atoms with Gasteiger partial charge < -0.3 is 10.8 Å². The number of hydrogen-bond donors (Lipinski definition) is 2. The highest BCUT2D eigenvalue weighted by Gasteiger charge is 2.14. The summed E-state index contributed by atoms with van der Waals surface area (Å²) in [6, 6.07) is 0. The predicted molar refractivity (Wildman–Crippen MR) is 44.5 cm³/mol. The van der Waals surface area contributed by atoms with Gasteiger partial charge in [0.1, 0.15) is 0 Å². The molecule has 4 nitrogen and oxygen atoms in total. The molecule has 0 heterocycles. The van der Waals surface area contributed by atoms with Gasteiger partial charge in [0.05, 0.1) is 0 Å². The first-order chi connectivity index (χ1) is 5.57. The van der Waals surface area contributed by atoms with Crippen molar-refractivity contribution in [1.29, 1.82) is 0 Å². The summed E-state index contributed by atoms with van der Waals surface area (Å²) in [6.45, 7) is 1.94. The SMILES string of the molecule is CCC[C@@H](CCC(=O)O)C(N)=O. The third-order valence-corrected chi connectivity index (χ3v) is 1.75. The van der Waals surface area contributed by atoms with E-state index in [4.69, 9.17) is 10.8 Å². The van der Waals surface area contributed by atoms with E-state index in [2.05, 4.69) is 0 Å². The van der Waals surface area contributed by atoms with Crippen LogP contribution in [0.5, 0.6) is 0 Å². The summed E-state index contributed by atoms with van der Waals surface area (Å²) in [5, 5.41) is 8.36. The zero-order valence-corrected chi connectivity index (χ0v) is 7.25. The van der Waals surface area contributed by atoms with Crippen molar-refractivity contribution < 1.29 is 14.7 Å². The maximum Gasteiger partial charge on any atom is 0.303 e. The molecule has 0 radical (unpaired) electrons. The minimum atomic E-state index is -0.877. The molecular formula is C8H15NO3. The van der Waals surface area contributed by atoms with Gasteiger partial charge in [-0.25, -0.2) is 0 Å². The molecule has 12 heavy (non-hydrogen) atoms. The number of carbonyl (C=O) groups is 2. The molecule has 0 saturated heterocycles. The molecule has 70 valence electrons. The molecule has 0 aromatic rings. The zero-order valence-electron chi connectivity index (χ0n) is 7.25. The van der Waals surface area contributed by atoms with Crippen molar-refractivity contribution in [2.45, 2.75) is 32.6 Å². The summed E-state index contributed by atoms with van der Waals surface area (Å²) >= 11 is 0. The van der Waals surface area contributed by atoms with E-state index in [0.717, 1.165) is 6.42 Å². The van der Waals surface area contributed by atoms with Gasteiger partial charge in [-0.3, -0.25) is 9.59 Å². The second-order valence-corrected chi connectivity index (χ2v) is 2.82. The summed E-state index contributed by atoms with van der Waals surface area (Å²) in [5.74, 6) is -1.54. The van der Waals surface area contributed by atoms with E-state index in [1.165, 1.54) is 0 Å². The molecule has 0 aliphatic heterocycles. The van der Waals surface area contributed by atoms with Gasteiger partial charge in [-0.05, 0) is 12.8 Å². The fourth-order valence-corrected chi connectivity index (χ4v) is 1.08.